The zero-order valence-corrected chi connectivity index (χ0v) is 69.4. The van der Waals surface area contributed by atoms with Gasteiger partial charge in [-0.25, -0.2) is 9.13 Å². The molecule has 0 aromatic rings. The number of aliphatic hydroxyl groups excluding tert-OH is 1. The third-order valence-electron chi connectivity index (χ3n) is 20.1. The van der Waals surface area contributed by atoms with Crippen molar-refractivity contribution in [2.24, 2.45) is 11.8 Å². The summed E-state index contributed by atoms with van der Waals surface area (Å²) in [7, 11) is -9.92. The van der Waals surface area contributed by atoms with Crippen LogP contribution in [0.5, 0.6) is 0 Å². The summed E-state index contributed by atoms with van der Waals surface area (Å²) in [6.07, 6.45) is 66.5. The Labute approximate surface area is 632 Å². The van der Waals surface area contributed by atoms with Gasteiger partial charge in [-0.15, -0.1) is 0 Å². The molecule has 3 unspecified atom stereocenters. The van der Waals surface area contributed by atoms with Crippen LogP contribution in [0.15, 0.2) is 0 Å². The molecule has 0 aliphatic rings. The van der Waals surface area contributed by atoms with Gasteiger partial charge in [0.2, 0.25) is 0 Å². The Morgan fingerprint density at radius 1 is 0.282 bits per heavy atom. The topological polar surface area (TPSA) is 237 Å². The highest BCUT2D eigenvalue weighted by atomic mass is 31.2. The first-order valence-electron chi connectivity index (χ1n) is 43.5. The summed E-state index contributed by atoms with van der Waals surface area (Å²) in [4.78, 5) is 73.1. The zero-order chi connectivity index (χ0) is 75.6. The molecule has 103 heavy (non-hydrogen) atoms. The van der Waals surface area contributed by atoms with Crippen LogP contribution in [0.25, 0.3) is 0 Å². The number of rotatable bonds is 83. The number of unbranched alkanes of at least 4 members (excludes halogenated alkanes) is 52. The lowest BCUT2D eigenvalue weighted by Gasteiger charge is -2.21. The summed E-state index contributed by atoms with van der Waals surface area (Å²) in [5.41, 5.74) is 0. The molecule has 0 aromatic carbocycles. The molecule has 0 heterocycles. The van der Waals surface area contributed by atoms with Gasteiger partial charge in [0, 0.05) is 25.7 Å². The number of phosphoric ester groups is 2. The predicted octanol–water partition coefficient (Wildman–Crippen LogP) is 25.5. The molecule has 19 heteroatoms. The van der Waals surface area contributed by atoms with Crippen LogP contribution in [0, 0.1) is 11.8 Å². The van der Waals surface area contributed by atoms with Crippen LogP contribution in [0.2, 0.25) is 0 Å². The smallest absolute Gasteiger partial charge is 0.462 e. The lowest BCUT2D eigenvalue weighted by molar-refractivity contribution is -0.161. The molecule has 0 aromatic heterocycles. The maximum Gasteiger partial charge on any atom is 0.472 e. The average Bonchev–Trinajstić information content (AvgIpc) is 0.911. The van der Waals surface area contributed by atoms with Crippen molar-refractivity contribution in [3.8, 4) is 0 Å². The van der Waals surface area contributed by atoms with E-state index in [1.807, 2.05) is 0 Å². The van der Waals surface area contributed by atoms with E-state index in [0.29, 0.717) is 25.7 Å². The molecule has 0 bridgehead atoms. The van der Waals surface area contributed by atoms with E-state index in [1.165, 1.54) is 263 Å². The highest BCUT2D eigenvalue weighted by molar-refractivity contribution is 7.47. The summed E-state index contributed by atoms with van der Waals surface area (Å²) < 4.78 is 68.8. The van der Waals surface area contributed by atoms with Crippen molar-refractivity contribution >= 4 is 39.5 Å². The maximum atomic E-state index is 13.1. The number of ether oxygens (including phenoxy) is 4. The quantitative estimate of drug-likeness (QED) is 0.0222. The fourth-order valence-electron chi connectivity index (χ4n) is 13.0. The van der Waals surface area contributed by atoms with Crippen LogP contribution in [0.4, 0.5) is 0 Å². The van der Waals surface area contributed by atoms with Crippen LogP contribution < -0.4 is 0 Å². The van der Waals surface area contributed by atoms with Crippen LogP contribution in [0.3, 0.4) is 0 Å². The minimum atomic E-state index is -4.96. The van der Waals surface area contributed by atoms with Gasteiger partial charge in [-0.2, -0.15) is 0 Å². The van der Waals surface area contributed by atoms with E-state index in [2.05, 4.69) is 41.5 Å². The van der Waals surface area contributed by atoms with E-state index in [9.17, 15) is 43.2 Å². The van der Waals surface area contributed by atoms with E-state index in [-0.39, 0.29) is 25.7 Å². The highest BCUT2D eigenvalue weighted by Gasteiger charge is 2.30. The van der Waals surface area contributed by atoms with Gasteiger partial charge in [-0.3, -0.25) is 37.3 Å². The molecule has 6 atom stereocenters. The molecule has 0 saturated heterocycles. The Morgan fingerprint density at radius 2 is 0.495 bits per heavy atom. The number of hydrogen-bond donors (Lipinski definition) is 3. The number of carbonyl (C=O) groups excluding carboxylic acids is 4. The van der Waals surface area contributed by atoms with Gasteiger partial charge in [0.25, 0.3) is 0 Å². The average molecular weight is 1510 g/mol. The second-order valence-electron chi connectivity index (χ2n) is 30.9. The molecule has 0 aliphatic carbocycles. The fourth-order valence-corrected chi connectivity index (χ4v) is 14.6. The highest BCUT2D eigenvalue weighted by Crippen LogP contribution is 2.45. The molecular formula is C84H164O17P2. The van der Waals surface area contributed by atoms with Crippen molar-refractivity contribution in [2.75, 3.05) is 39.6 Å². The largest absolute Gasteiger partial charge is 0.472 e. The summed E-state index contributed by atoms with van der Waals surface area (Å²) >= 11 is 0. The van der Waals surface area contributed by atoms with Crippen molar-refractivity contribution in [3.05, 3.63) is 0 Å². The first kappa shape index (κ1) is 101. The van der Waals surface area contributed by atoms with Gasteiger partial charge in [0.15, 0.2) is 12.2 Å². The van der Waals surface area contributed by atoms with Crippen LogP contribution >= 0.6 is 15.6 Å². The Hall–Kier alpha value is -1.94. The van der Waals surface area contributed by atoms with Crippen molar-refractivity contribution in [1.82, 2.24) is 0 Å². The van der Waals surface area contributed by atoms with E-state index in [0.717, 1.165) is 102 Å². The molecular weight excluding hydrogens is 1340 g/mol. The summed E-state index contributed by atoms with van der Waals surface area (Å²) in [6.45, 7) is 9.75. The summed E-state index contributed by atoms with van der Waals surface area (Å²) in [5.74, 6) is -0.432. The summed E-state index contributed by atoms with van der Waals surface area (Å²) in [6, 6.07) is 0. The Morgan fingerprint density at radius 3 is 0.738 bits per heavy atom. The maximum absolute atomic E-state index is 13.1. The molecule has 3 N–H and O–H groups in total. The van der Waals surface area contributed by atoms with Crippen molar-refractivity contribution in [1.29, 1.82) is 0 Å². The standard InChI is InChI=1S/C84H164O17P2/c1-7-10-12-14-16-18-20-36-42-48-54-60-66-81(86)94-72-79(100-83(88)68-62-56-50-44-37-21-19-17-15-13-11-8-2)74-98-102(90,91)96-70-78(85)71-97-103(92,93)99-75-80(73-95-82(87)67-61-55-49-43-38-32-29-28-31-35-41-47-53-59-65-77(6)9-3)101-84(89)69-63-57-51-45-39-33-27-25-23-22-24-26-30-34-40-46-52-58-64-76(4)5/h76-80,85H,7-75H2,1-6H3,(H,90,91)(H,92,93)/t77?,78-,79+,80+/m0/s1. The van der Waals surface area contributed by atoms with Crippen LogP contribution in [-0.2, 0) is 65.4 Å². The SMILES string of the molecule is CCCCCCCCCCCCCCC(=O)OC[C@H](COP(=O)(O)OC[C@H](O)COP(=O)(O)OC[C@@H](COC(=O)CCCCCCCCCCCCCCCCC(C)CC)OC(=O)CCCCCCCCCCCCCCCCCCCCC(C)C)OC(=O)CCCCCCCCCCCCCC. The van der Waals surface area contributed by atoms with E-state index in [1.54, 1.807) is 0 Å². The van der Waals surface area contributed by atoms with E-state index in [4.69, 9.17) is 37.0 Å². The molecule has 0 radical (unpaired) electrons. The summed E-state index contributed by atoms with van der Waals surface area (Å²) in [5, 5.41) is 10.7. The fraction of sp³-hybridized carbons (Fsp3) is 0.952. The lowest BCUT2D eigenvalue weighted by Crippen LogP contribution is -2.30. The first-order valence-corrected chi connectivity index (χ1v) is 46.5. The van der Waals surface area contributed by atoms with Gasteiger partial charge in [-0.05, 0) is 37.5 Å². The normalized spacial score (nSPS) is 14.1. The molecule has 0 rings (SSSR count). The third-order valence-corrected chi connectivity index (χ3v) is 22.0. The zero-order valence-electron chi connectivity index (χ0n) is 67.6. The number of aliphatic hydroxyl groups is 1. The number of carbonyl (C=O) groups is 4. The molecule has 17 nitrogen and oxygen atoms in total. The molecule has 0 spiro atoms. The molecule has 0 fully saturated rings. The van der Waals surface area contributed by atoms with Gasteiger partial charge < -0.3 is 33.8 Å². The second kappa shape index (κ2) is 75.5. The Kier molecular flexibility index (Phi) is 74.1. The third kappa shape index (κ3) is 76.6. The molecule has 0 aliphatic heterocycles. The monoisotopic (exact) mass is 1510 g/mol. The van der Waals surface area contributed by atoms with Gasteiger partial charge in [0.1, 0.15) is 19.3 Å². The Balaban J connectivity index is 5.23. The minimum absolute atomic E-state index is 0.108. The van der Waals surface area contributed by atoms with Crippen LogP contribution in [0.1, 0.15) is 446 Å². The van der Waals surface area contributed by atoms with E-state index < -0.39 is 97.5 Å². The van der Waals surface area contributed by atoms with Gasteiger partial charge >= 0.3 is 39.5 Å². The van der Waals surface area contributed by atoms with Crippen LogP contribution in [-0.4, -0.2) is 96.7 Å². The second-order valence-corrected chi connectivity index (χ2v) is 33.8. The molecule has 0 saturated carbocycles. The minimum Gasteiger partial charge on any atom is -0.462 e. The van der Waals surface area contributed by atoms with Crippen molar-refractivity contribution in [3.63, 3.8) is 0 Å². The lowest BCUT2D eigenvalue weighted by atomic mass is 9.99. The van der Waals surface area contributed by atoms with E-state index >= 15 is 0 Å². The molecule has 612 valence electrons. The van der Waals surface area contributed by atoms with Gasteiger partial charge in [-0.1, -0.05) is 395 Å². The predicted molar refractivity (Wildman–Crippen MR) is 423 cm³/mol. The van der Waals surface area contributed by atoms with Gasteiger partial charge in [0.05, 0.1) is 26.4 Å². The Bertz CT molecular complexity index is 1980. The van der Waals surface area contributed by atoms with Crippen molar-refractivity contribution < 1.29 is 80.2 Å². The van der Waals surface area contributed by atoms with Crippen molar-refractivity contribution in [2.45, 2.75) is 464 Å². The number of phosphoric acid groups is 2. The number of hydrogen-bond acceptors (Lipinski definition) is 15. The number of esters is 4. The molecule has 0 amide bonds. The first-order chi connectivity index (χ1) is 49.9.